The summed E-state index contributed by atoms with van der Waals surface area (Å²) in [5, 5.41) is 0. The van der Waals surface area contributed by atoms with E-state index in [-0.39, 0.29) is 19.0 Å². The molecule has 8 nitrogen and oxygen atoms in total. The minimum Gasteiger partial charge on any atom is -0.463 e. The van der Waals surface area contributed by atoms with E-state index < -0.39 is 12.0 Å². The van der Waals surface area contributed by atoms with Crippen LogP contribution >= 0.6 is 11.3 Å². The van der Waals surface area contributed by atoms with E-state index in [1.54, 1.807) is 18.4 Å². The van der Waals surface area contributed by atoms with Crippen molar-refractivity contribution < 1.29 is 19.0 Å². The number of nitrogens with zero attached hydrogens (tertiary/aromatic N) is 3. The summed E-state index contributed by atoms with van der Waals surface area (Å²) in [5.41, 5.74) is 4.34. The Morgan fingerprint density at radius 1 is 1.19 bits per heavy atom. The third-order valence-corrected chi connectivity index (χ3v) is 7.27. The van der Waals surface area contributed by atoms with Crippen LogP contribution in [0.2, 0.25) is 0 Å². The van der Waals surface area contributed by atoms with Crippen LogP contribution < -0.4 is 29.3 Å². The van der Waals surface area contributed by atoms with E-state index in [0.717, 1.165) is 22.4 Å². The maximum atomic E-state index is 13.8. The molecule has 3 aromatic rings. The van der Waals surface area contributed by atoms with E-state index in [1.807, 2.05) is 68.4 Å². The fraction of sp³-hybridized carbons (Fsp3) is 0.296. The van der Waals surface area contributed by atoms with Gasteiger partial charge in [0.1, 0.15) is 0 Å². The van der Waals surface area contributed by atoms with E-state index in [1.165, 1.54) is 11.3 Å². The molecule has 9 heteroatoms. The smallest absolute Gasteiger partial charge is 0.338 e. The van der Waals surface area contributed by atoms with Crippen LogP contribution in [0.25, 0.3) is 6.08 Å². The van der Waals surface area contributed by atoms with Crippen LogP contribution in [-0.2, 0) is 9.53 Å². The molecule has 1 atom stereocenters. The highest BCUT2D eigenvalue weighted by Crippen LogP contribution is 2.35. The molecule has 0 radical (unpaired) electrons. The van der Waals surface area contributed by atoms with Gasteiger partial charge in [0.15, 0.2) is 16.3 Å². The summed E-state index contributed by atoms with van der Waals surface area (Å²) in [6.07, 6.45) is 1.84. The Kier molecular flexibility index (Phi) is 6.17. The van der Waals surface area contributed by atoms with Crippen LogP contribution in [0.3, 0.4) is 0 Å². The quantitative estimate of drug-likeness (QED) is 0.496. The maximum absolute atomic E-state index is 13.8. The van der Waals surface area contributed by atoms with Crippen molar-refractivity contribution in [1.29, 1.82) is 0 Å². The van der Waals surface area contributed by atoms with Crippen molar-refractivity contribution in [2.24, 2.45) is 4.99 Å². The van der Waals surface area contributed by atoms with Gasteiger partial charge in [-0.3, -0.25) is 9.36 Å². The molecule has 5 rings (SSSR count). The molecular weight excluding hydrogens is 478 g/mol. The van der Waals surface area contributed by atoms with Crippen LogP contribution in [0.4, 0.5) is 5.69 Å². The average Bonchev–Trinajstić information content (AvgIpc) is 3.42. The number of aryl methyl sites for hydroxylation is 1. The third kappa shape index (κ3) is 4.09. The Labute approximate surface area is 212 Å². The summed E-state index contributed by atoms with van der Waals surface area (Å²) < 4.78 is 18.5. The van der Waals surface area contributed by atoms with Gasteiger partial charge in [-0.25, -0.2) is 9.79 Å². The highest BCUT2D eigenvalue weighted by molar-refractivity contribution is 7.07. The van der Waals surface area contributed by atoms with Crippen molar-refractivity contribution in [3.8, 4) is 11.5 Å². The lowest BCUT2D eigenvalue weighted by Gasteiger charge is -2.25. The first-order chi connectivity index (χ1) is 17.3. The lowest BCUT2D eigenvalue weighted by molar-refractivity contribution is -0.139. The molecule has 0 saturated heterocycles. The summed E-state index contributed by atoms with van der Waals surface area (Å²) >= 11 is 1.30. The Hall–Kier alpha value is -3.85. The zero-order valence-electron chi connectivity index (χ0n) is 20.8. The number of carbonyl (C=O) groups excluding carboxylic acids is 1. The van der Waals surface area contributed by atoms with Crippen LogP contribution in [0.5, 0.6) is 11.5 Å². The van der Waals surface area contributed by atoms with Gasteiger partial charge < -0.3 is 19.1 Å². The number of rotatable bonds is 5. The van der Waals surface area contributed by atoms with E-state index in [4.69, 9.17) is 14.2 Å². The molecule has 36 heavy (non-hydrogen) atoms. The number of aromatic nitrogens is 1. The van der Waals surface area contributed by atoms with Crippen molar-refractivity contribution in [2.45, 2.75) is 26.8 Å². The molecular formula is C27H27N3O5S. The average molecular weight is 506 g/mol. The number of carbonyl (C=O) groups is 1. The predicted molar refractivity (Wildman–Crippen MR) is 138 cm³/mol. The van der Waals surface area contributed by atoms with Crippen LogP contribution in [0.1, 0.15) is 36.6 Å². The number of ether oxygens (including phenoxy) is 3. The summed E-state index contributed by atoms with van der Waals surface area (Å²) in [5.74, 6) is 0.877. The van der Waals surface area contributed by atoms with E-state index >= 15 is 0 Å². The van der Waals surface area contributed by atoms with Crippen LogP contribution in [0.15, 0.2) is 57.5 Å². The molecule has 2 aliphatic heterocycles. The molecule has 0 fully saturated rings. The van der Waals surface area contributed by atoms with Gasteiger partial charge in [-0.2, -0.15) is 0 Å². The SMILES string of the molecule is CCOC(=O)C1=C(C)N=c2sc(=Cc3cc4c(cc3C)OCO4)c(=O)n2[C@H]1c1ccc(N(C)C)cc1. The lowest BCUT2D eigenvalue weighted by Crippen LogP contribution is -2.40. The second-order valence-electron chi connectivity index (χ2n) is 8.85. The Morgan fingerprint density at radius 3 is 2.56 bits per heavy atom. The van der Waals surface area contributed by atoms with Crippen molar-refractivity contribution in [2.75, 3.05) is 32.4 Å². The van der Waals surface area contributed by atoms with Crippen LogP contribution in [-0.4, -0.2) is 38.0 Å². The normalized spacial score (nSPS) is 16.6. The molecule has 0 N–H and O–H groups in total. The molecule has 2 aliphatic rings. The van der Waals surface area contributed by atoms with Crippen LogP contribution in [0, 0.1) is 6.92 Å². The van der Waals surface area contributed by atoms with Gasteiger partial charge in [0.25, 0.3) is 5.56 Å². The lowest BCUT2D eigenvalue weighted by atomic mass is 9.95. The van der Waals surface area contributed by atoms with Gasteiger partial charge in [0.2, 0.25) is 6.79 Å². The zero-order valence-corrected chi connectivity index (χ0v) is 21.6. The number of anilines is 1. The maximum Gasteiger partial charge on any atom is 0.338 e. The van der Waals surface area contributed by atoms with Crippen molar-refractivity contribution in [3.63, 3.8) is 0 Å². The molecule has 0 amide bonds. The predicted octanol–water partition coefficient (Wildman–Crippen LogP) is 2.90. The summed E-state index contributed by atoms with van der Waals surface area (Å²) in [4.78, 5) is 34.0. The Morgan fingerprint density at radius 2 is 1.89 bits per heavy atom. The van der Waals surface area contributed by atoms with Crippen molar-refractivity contribution in [3.05, 3.63) is 84.0 Å². The molecule has 3 heterocycles. The van der Waals surface area contributed by atoms with Gasteiger partial charge in [-0.15, -0.1) is 0 Å². The van der Waals surface area contributed by atoms with E-state index in [0.29, 0.717) is 32.1 Å². The third-order valence-electron chi connectivity index (χ3n) is 6.29. The Bertz CT molecular complexity index is 1560. The molecule has 186 valence electrons. The topological polar surface area (TPSA) is 82.4 Å². The number of hydrogen-bond donors (Lipinski definition) is 0. The molecule has 0 saturated carbocycles. The summed E-state index contributed by atoms with van der Waals surface area (Å²) in [6, 6.07) is 11.0. The molecule has 0 bridgehead atoms. The number of fused-ring (bicyclic) bond motifs is 2. The number of hydrogen-bond acceptors (Lipinski definition) is 8. The van der Waals surface area contributed by atoms with E-state index in [9.17, 15) is 9.59 Å². The second kappa shape index (κ2) is 9.31. The monoisotopic (exact) mass is 505 g/mol. The van der Waals surface area contributed by atoms with Gasteiger partial charge in [-0.1, -0.05) is 23.5 Å². The fourth-order valence-corrected chi connectivity index (χ4v) is 5.46. The van der Waals surface area contributed by atoms with Gasteiger partial charge in [-0.05, 0) is 67.8 Å². The largest absolute Gasteiger partial charge is 0.463 e. The number of allylic oxidation sites excluding steroid dienone is 1. The number of benzene rings is 2. The highest BCUT2D eigenvalue weighted by atomic mass is 32.1. The minimum atomic E-state index is -0.642. The number of esters is 1. The highest BCUT2D eigenvalue weighted by Gasteiger charge is 2.33. The second-order valence-corrected chi connectivity index (χ2v) is 9.86. The molecule has 2 aromatic carbocycles. The molecule has 0 unspecified atom stereocenters. The Balaban J connectivity index is 1.69. The standard InChI is InChI=1S/C27H27N3O5S/c1-6-33-26(32)23-16(3)28-27-30(24(23)17-7-9-19(10-8-17)29(4)5)25(31)22(36-27)13-18-12-21-20(11-15(18)2)34-14-35-21/h7-13,24H,6,14H2,1-5H3/t24-/m0/s1. The van der Waals surface area contributed by atoms with Gasteiger partial charge >= 0.3 is 5.97 Å². The number of thiazole rings is 1. The fourth-order valence-electron chi connectivity index (χ4n) is 4.42. The van der Waals surface area contributed by atoms with Gasteiger partial charge in [0, 0.05) is 19.8 Å². The summed E-state index contributed by atoms with van der Waals surface area (Å²) in [6.45, 7) is 5.92. The molecule has 0 spiro atoms. The van der Waals surface area contributed by atoms with Crippen molar-refractivity contribution >= 4 is 29.1 Å². The molecule has 1 aromatic heterocycles. The first-order valence-electron chi connectivity index (χ1n) is 11.7. The first-order valence-corrected chi connectivity index (χ1v) is 12.5. The summed E-state index contributed by atoms with van der Waals surface area (Å²) in [7, 11) is 3.93. The van der Waals surface area contributed by atoms with Gasteiger partial charge in [0.05, 0.1) is 28.5 Å². The van der Waals surface area contributed by atoms with E-state index in [2.05, 4.69) is 4.99 Å². The van der Waals surface area contributed by atoms with Crippen molar-refractivity contribution in [1.82, 2.24) is 4.57 Å². The first kappa shape index (κ1) is 23.9. The zero-order chi connectivity index (χ0) is 25.6. The molecule has 0 aliphatic carbocycles. The minimum absolute atomic E-state index is 0.183.